The third kappa shape index (κ3) is 5.67. The smallest absolute Gasteiger partial charge is 0.421 e. The quantitative estimate of drug-likeness (QED) is 0.237. The van der Waals surface area contributed by atoms with Gasteiger partial charge in [-0.25, -0.2) is 0 Å². The Morgan fingerprint density at radius 2 is 1.73 bits per heavy atom. The molecule has 0 amide bonds. The van der Waals surface area contributed by atoms with E-state index >= 15 is 0 Å². The maximum absolute atomic E-state index is 13.5. The number of hydrogen-bond acceptors (Lipinski definition) is 5. The molecule has 2 aromatic heterocycles. The molecule has 4 nitrogen and oxygen atoms in total. The van der Waals surface area contributed by atoms with E-state index in [4.69, 9.17) is 11.6 Å². The molecule has 196 valence electrons. The van der Waals surface area contributed by atoms with Crippen LogP contribution in [0.5, 0.6) is 0 Å². The Bertz CT molecular complexity index is 1420. The second-order valence-corrected chi connectivity index (χ2v) is 13.3. The van der Waals surface area contributed by atoms with Crippen molar-refractivity contribution in [1.29, 1.82) is 0 Å². The number of benzene rings is 2. The van der Waals surface area contributed by atoms with Crippen LogP contribution < -0.4 is 4.72 Å². The zero-order valence-corrected chi connectivity index (χ0v) is 22.9. The molecule has 3 atom stereocenters. The minimum Gasteiger partial charge on any atom is -0.598 e. The van der Waals surface area contributed by atoms with Crippen molar-refractivity contribution < 1.29 is 22.8 Å². The van der Waals surface area contributed by atoms with Gasteiger partial charge in [0.2, 0.25) is 0 Å². The van der Waals surface area contributed by atoms with Crippen molar-refractivity contribution in [3.8, 4) is 11.3 Å². The number of halogens is 4. The normalized spacial score (nSPS) is 15.9. The van der Waals surface area contributed by atoms with Gasteiger partial charge < -0.3 is 9.66 Å². The number of thiophene rings is 1. The first-order valence-electron chi connectivity index (χ1n) is 11.4. The number of aliphatic hydroxyl groups is 1. The van der Waals surface area contributed by atoms with Crippen LogP contribution in [0, 0.1) is 0 Å². The van der Waals surface area contributed by atoms with Crippen LogP contribution in [-0.2, 0) is 17.0 Å². The first-order valence-corrected chi connectivity index (χ1v) is 13.8. The lowest BCUT2D eigenvalue weighted by atomic mass is 9.94. The summed E-state index contributed by atoms with van der Waals surface area (Å²) in [6.45, 7) is 6.34. The van der Waals surface area contributed by atoms with Crippen molar-refractivity contribution in [3.63, 3.8) is 0 Å². The summed E-state index contributed by atoms with van der Waals surface area (Å²) < 4.78 is 57.0. The molecule has 0 aliphatic carbocycles. The highest BCUT2D eigenvalue weighted by molar-refractivity contribution is 7.90. The summed E-state index contributed by atoms with van der Waals surface area (Å²) in [6.07, 6.45) is -3.58. The van der Waals surface area contributed by atoms with E-state index in [0.29, 0.717) is 16.3 Å². The van der Waals surface area contributed by atoms with Crippen LogP contribution in [0.3, 0.4) is 0 Å². The van der Waals surface area contributed by atoms with Crippen LogP contribution in [0.15, 0.2) is 66.9 Å². The number of nitrogens with one attached hydrogen (secondary N) is 1. The Labute approximate surface area is 225 Å². The third-order valence-corrected chi connectivity index (χ3v) is 9.15. The molecular formula is C27H26ClF3N2O2S2. The molecule has 0 bridgehead atoms. The molecule has 2 heterocycles. The van der Waals surface area contributed by atoms with E-state index in [1.807, 2.05) is 51.1 Å². The number of nitrogens with zero attached hydrogens (tertiary/aromatic N) is 1. The maximum Gasteiger partial charge on any atom is 0.421 e. The Hall–Kier alpha value is -2.14. The Morgan fingerprint density at radius 1 is 1.03 bits per heavy atom. The third-order valence-electron chi connectivity index (χ3n) is 5.99. The van der Waals surface area contributed by atoms with E-state index in [1.54, 1.807) is 18.2 Å². The number of aromatic nitrogens is 1. The number of pyridine rings is 1. The molecule has 2 N–H and O–H groups in total. The van der Waals surface area contributed by atoms with Crippen molar-refractivity contribution >= 4 is 44.4 Å². The molecule has 0 aliphatic rings. The molecule has 4 aromatic rings. The van der Waals surface area contributed by atoms with Crippen molar-refractivity contribution in [3.05, 3.63) is 87.9 Å². The first kappa shape index (κ1) is 27.9. The summed E-state index contributed by atoms with van der Waals surface area (Å²) >= 11 is 6.54. The standard InChI is InChI=1S/C27H26ClF3N2O2S2/c1-25(2,3)37(35)33-23(18-9-5-6-11-20(18)28)22-14-16-8-7-10-19(24(16)36-22)21-15-17(12-13-32-21)26(4,34)27(29,30)31/h5-15,23,33-34H,1-4H3/t23-,26+,37-/m0/s1. The fourth-order valence-corrected chi connectivity index (χ4v) is 6.13. The van der Waals surface area contributed by atoms with Crippen molar-refractivity contribution in [2.75, 3.05) is 0 Å². The van der Waals surface area contributed by atoms with E-state index in [-0.39, 0.29) is 5.56 Å². The van der Waals surface area contributed by atoms with Crippen LogP contribution in [0.25, 0.3) is 21.3 Å². The molecule has 0 aliphatic heterocycles. The van der Waals surface area contributed by atoms with E-state index in [0.717, 1.165) is 33.5 Å². The van der Waals surface area contributed by atoms with Crippen LogP contribution in [-0.4, -0.2) is 25.6 Å². The monoisotopic (exact) mass is 566 g/mol. The molecule has 0 radical (unpaired) electrons. The SMILES string of the molecule is CC(C)(C)[S@+]([O-])N[C@H](c1cc2cccc(-c3cc([C@@](C)(O)C(F)(F)F)ccn3)c2s1)c1ccccc1Cl. The lowest BCUT2D eigenvalue weighted by molar-refractivity contribution is -0.258. The molecule has 4 rings (SSSR count). The largest absolute Gasteiger partial charge is 0.598 e. The van der Waals surface area contributed by atoms with Gasteiger partial charge in [0.25, 0.3) is 0 Å². The van der Waals surface area contributed by atoms with E-state index < -0.39 is 33.9 Å². The summed E-state index contributed by atoms with van der Waals surface area (Å²) in [5.41, 5.74) is -1.62. The summed E-state index contributed by atoms with van der Waals surface area (Å²) in [5, 5.41) is 11.6. The average Bonchev–Trinajstić information content (AvgIpc) is 3.26. The number of fused-ring (bicyclic) bond motifs is 1. The van der Waals surface area contributed by atoms with Gasteiger partial charge in [0.15, 0.2) is 5.60 Å². The van der Waals surface area contributed by atoms with Gasteiger partial charge in [0.1, 0.15) is 10.8 Å². The lowest BCUT2D eigenvalue weighted by Gasteiger charge is -2.28. The van der Waals surface area contributed by atoms with Gasteiger partial charge in [-0.3, -0.25) is 4.98 Å². The minimum absolute atomic E-state index is 0.296. The van der Waals surface area contributed by atoms with E-state index in [2.05, 4.69) is 9.71 Å². The van der Waals surface area contributed by atoms with Gasteiger partial charge in [-0.1, -0.05) is 48.0 Å². The topological polar surface area (TPSA) is 68.2 Å². The predicted molar refractivity (Wildman–Crippen MR) is 145 cm³/mol. The zero-order chi connectivity index (χ0) is 27.2. The van der Waals surface area contributed by atoms with Gasteiger partial charge in [0, 0.05) is 37.7 Å². The van der Waals surface area contributed by atoms with E-state index in [1.165, 1.54) is 23.6 Å². The Balaban J connectivity index is 1.84. The molecular weight excluding hydrogens is 541 g/mol. The van der Waals surface area contributed by atoms with Crippen LogP contribution in [0.2, 0.25) is 5.02 Å². The summed E-state index contributed by atoms with van der Waals surface area (Å²) in [4.78, 5) is 5.14. The van der Waals surface area contributed by atoms with Crippen LogP contribution in [0.1, 0.15) is 49.7 Å². The molecule has 0 saturated heterocycles. The summed E-state index contributed by atoms with van der Waals surface area (Å²) in [6, 6.07) is 16.7. The average molecular weight is 567 g/mol. The predicted octanol–water partition coefficient (Wildman–Crippen LogP) is 7.53. The molecule has 0 fully saturated rings. The minimum atomic E-state index is -4.84. The zero-order valence-electron chi connectivity index (χ0n) is 20.6. The van der Waals surface area contributed by atoms with Crippen molar-refractivity contribution in [2.24, 2.45) is 0 Å². The second kappa shape index (κ2) is 10.2. The first-order chi connectivity index (χ1) is 17.2. The van der Waals surface area contributed by atoms with Gasteiger partial charge in [-0.15, -0.1) is 16.1 Å². The fourth-order valence-electron chi connectivity index (χ4n) is 3.74. The number of rotatable bonds is 6. The number of alkyl halides is 3. The number of hydrogen-bond donors (Lipinski definition) is 2. The molecule has 2 aromatic carbocycles. The van der Waals surface area contributed by atoms with Crippen molar-refractivity contribution in [2.45, 2.75) is 50.3 Å². The highest BCUT2D eigenvalue weighted by atomic mass is 35.5. The van der Waals surface area contributed by atoms with Gasteiger partial charge in [-0.2, -0.15) is 13.2 Å². The molecule has 0 saturated carbocycles. The highest BCUT2D eigenvalue weighted by Crippen LogP contribution is 2.42. The van der Waals surface area contributed by atoms with Gasteiger partial charge in [-0.05, 0) is 68.5 Å². The van der Waals surface area contributed by atoms with Gasteiger partial charge >= 0.3 is 6.18 Å². The lowest BCUT2D eigenvalue weighted by Crippen LogP contribution is -2.41. The van der Waals surface area contributed by atoms with Crippen molar-refractivity contribution in [1.82, 2.24) is 9.71 Å². The van der Waals surface area contributed by atoms with E-state index in [9.17, 15) is 22.8 Å². The summed E-state index contributed by atoms with van der Waals surface area (Å²) in [7, 11) is 0. The van der Waals surface area contributed by atoms with Crippen LogP contribution >= 0.6 is 22.9 Å². The molecule has 0 spiro atoms. The van der Waals surface area contributed by atoms with Crippen LogP contribution in [0.4, 0.5) is 13.2 Å². The fraction of sp³-hybridized carbons (Fsp3) is 0.296. The summed E-state index contributed by atoms with van der Waals surface area (Å²) in [5.74, 6) is 0. The maximum atomic E-state index is 13.5. The Morgan fingerprint density at radius 3 is 2.38 bits per heavy atom. The molecule has 37 heavy (non-hydrogen) atoms. The van der Waals surface area contributed by atoms with Gasteiger partial charge in [0.05, 0.1) is 5.69 Å². The molecule has 10 heteroatoms. The Kier molecular flexibility index (Phi) is 7.69. The highest BCUT2D eigenvalue weighted by Gasteiger charge is 2.51. The second-order valence-electron chi connectivity index (χ2n) is 9.83. The molecule has 0 unspecified atom stereocenters.